The van der Waals surface area contributed by atoms with Crippen molar-refractivity contribution in [1.29, 1.82) is 0 Å². The number of ketones is 3. The van der Waals surface area contributed by atoms with E-state index in [4.69, 9.17) is 14.2 Å². The van der Waals surface area contributed by atoms with E-state index in [-0.39, 0.29) is 6.29 Å². The number of aldehydes is 1. The fraction of sp³-hybridized carbons (Fsp3) is 0.611. The Morgan fingerprint density at radius 3 is 1.63 bits per heavy atom. The van der Waals surface area contributed by atoms with Crippen LogP contribution >= 0.6 is 0 Å². The van der Waals surface area contributed by atoms with Crippen LogP contribution in [0.1, 0.15) is 40.0 Å². The van der Waals surface area contributed by atoms with E-state index in [1.165, 1.54) is 0 Å². The van der Waals surface area contributed by atoms with Crippen LogP contribution in [0, 0.1) is 0 Å². The second-order valence-electron chi connectivity index (χ2n) is 6.42. The van der Waals surface area contributed by atoms with E-state index in [9.17, 15) is 43.8 Å². The molecule has 0 rings (SSSR count). The second-order valence-corrected chi connectivity index (χ2v) is 6.42. The second kappa shape index (κ2) is 13.3. The normalized spacial score (nSPS) is 14.4. The van der Waals surface area contributed by atoms with E-state index in [2.05, 4.69) is 0 Å². The van der Waals surface area contributed by atoms with Gasteiger partial charge in [-0.3, -0.25) is 28.8 Å². The molecule has 0 amide bonds. The minimum atomic E-state index is -2.14. The van der Waals surface area contributed by atoms with Gasteiger partial charge in [0.2, 0.25) is 0 Å². The van der Waals surface area contributed by atoms with E-state index in [1.807, 2.05) is 0 Å². The third-order valence-electron chi connectivity index (χ3n) is 3.33. The van der Waals surface area contributed by atoms with E-state index < -0.39 is 85.5 Å². The van der Waals surface area contributed by atoms with Crippen molar-refractivity contribution in [1.82, 2.24) is 0 Å². The zero-order valence-electron chi connectivity index (χ0n) is 16.7. The van der Waals surface area contributed by atoms with Gasteiger partial charge in [0, 0.05) is 0 Å². The predicted molar refractivity (Wildman–Crippen MR) is 94.7 cm³/mol. The van der Waals surface area contributed by atoms with Gasteiger partial charge in [-0.25, -0.2) is 0 Å². The molecule has 0 aliphatic heterocycles. The highest BCUT2D eigenvalue weighted by atomic mass is 16.6. The van der Waals surface area contributed by atoms with Crippen LogP contribution < -0.4 is 0 Å². The van der Waals surface area contributed by atoms with Crippen molar-refractivity contribution in [3.05, 3.63) is 0 Å². The van der Waals surface area contributed by atoms with Crippen LogP contribution in [0.3, 0.4) is 0 Å². The molecular formula is C18H24O12. The highest BCUT2D eigenvalue weighted by Gasteiger charge is 2.39. The third-order valence-corrected chi connectivity index (χ3v) is 3.33. The van der Waals surface area contributed by atoms with Crippen LogP contribution in [-0.4, -0.2) is 82.8 Å². The lowest BCUT2D eigenvalue weighted by atomic mass is 10.0. The summed E-state index contributed by atoms with van der Waals surface area (Å²) in [5.74, 6) is -5.10. The van der Waals surface area contributed by atoms with Crippen LogP contribution in [0.4, 0.5) is 0 Å². The van der Waals surface area contributed by atoms with Gasteiger partial charge < -0.3 is 29.2 Å². The molecule has 168 valence electrons. The average molecular weight is 432 g/mol. The summed E-state index contributed by atoms with van der Waals surface area (Å²) in [6.45, 7) is 2.41. The molecule has 30 heavy (non-hydrogen) atoms. The number of ether oxygens (including phenoxy) is 3. The van der Waals surface area contributed by atoms with Gasteiger partial charge in [0.1, 0.15) is 55.4 Å². The molecule has 4 atom stereocenters. The number of hydrogen-bond acceptors (Lipinski definition) is 12. The van der Waals surface area contributed by atoms with Crippen LogP contribution in [0.25, 0.3) is 0 Å². The van der Waals surface area contributed by atoms with E-state index in [1.54, 1.807) is 0 Å². The maximum atomic E-state index is 11.9. The zero-order valence-corrected chi connectivity index (χ0v) is 16.7. The maximum absolute atomic E-state index is 11.9. The lowest BCUT2D eigenvalue weighted by Gasteiger charge is -2.30. The summed E-state index contributed by atoms with van der Waals surface area (Å²) in [5.41, 5.74) is 0. The van der Waals surface area contributed by atoms with Crippen molar-refractivity contribution in [3.63, 3.8) is 0 Å². The first-order valence-corrected chi connectivity index (χ1v) is 8.71. The Bertz CT molecular complexity index is 683. The Labute approximate surface area is 171 Å². The molecule has 0 heterocycles. The quantitative estimate of drug-likeness (QED) is 0.136. The lowest BCUT2D eigenvalue weighted by molar-refractivity contribution is -0.191. The number of carbonyl (C=O) groups is 7. The zero-order chi connectivity index (χ0) is 23.4. The summed E-state index contributed by atoms with van der Waals surface area (Å²) < 4.78 is 14.6. The molecule has 0 saturated carbocycles. The van der Waals surface area contributed by atoms with Gasteiger partial charge in [0.15, 0.2) is 18.5 Å². The highest BCUT2D eigenvalue weighted by Crippen LogP contribution is 2.16. The molecule has 0 aromatic rings. The van der Waals surface area contributed by atoms with Gasteiger partial charge in [-0.05, 0) is 20.8 Å². The molecule has 0 aromatic heterocycles. The van der Waals surface area contributed by atoms with Crippen molar-refractivity contribution in [2.75, 3.05) is 6.61 Å². The predicted octanol–water partition coefficient (Wildman–Crippen LogP) is -1.79. The number of hydrogen-bond donors (Lipinski definition) is 2. The van der Waals surface area contributed by atoms with Crippen LogP contribution in [0.15, 0.2) is 0 Å². The third kappa shape index (κ3) is 11.1. The van der Waals surface area contributed by atoms with Gasteiger partial charge >= 0.3 is 17.9 Å². The van der Waals surface area contributed by atoms with E-state index in [0.29, 0.717) is 0 Å². The molecule has 2 N–H and O–H groups in total. The number of carbonyl (C=O) groups excluding carboxylic acids is 7. The summed E-state index contributed by atoms with van der Waals surface area (Å²) in [6.07, 6.45) is -10.1. The van der Waals surface area contributed by atoms with Crippen molar-refractivity contribution >= 4 is 41.5 Å². The minimum Gasteiger partial charge on any atom is -0.461 e. The van der Waals surface area contributed by atoms with Gasteiger partial charge in [0.05, 0.1) is 0 Å². The van der Waals surface area contributed by atoms with Crippen molar-refractivity contribution in [3.8, 4) is 0 Å². The first-order chi connectivity index (χ1) is 13.9. The van der Waals surface area contributed by atoms with Crippen molar-refractivity contribution in [2.24, 2.45) is 0 Å². The Kier molecular flexibility index (Phi) is 12.0. The molecule has 0 aliphatic rings. The topological polar surface area (TPSA) is 188 Å². The number of Topliss-reactive ketones (excluding diaryl/α,β-unsaturated/α-hetero) is 3. The molecule has 0 fully saturated rings. The first-order valence-electron chi connectivity index (χ1n) is 8.71. The van der Waals surface area contributed by atoms with Crippen LogP contribution in [-0.2, 0) is 47.8 Å². The Hall–Kier alpha value is -2.99. The summed E-state index contributed by atoms with van der Waals surface area (Å²) in [4.78, 5) is 79.3. The SMILES string of the molecule is CC(=O)CC(=O)OC[C@@H](OC(=O)CC(C)=O)[C@@H](OC(=O)CC(C)=O)[C@H](O)[C@@H](O)C=O. The Balaban J connectivity index is 5.71. The summed E-state index contributed by atoms with van der Waals surface area (Å²) in [6, 6.07) is 0. The smallest absolute Gasteiger partial charge is 0.313 e. The number of aliphatic hydroxyl groups is 2. The van der Waals surface area contributed by atoms with Crippen LogP contribution in [0.2, 0.25) is 0 Å². The molecule has 0 unspecified atom stereocenters. The summed E-state index contributed by atoms with van der Waals surface area (Å²) in [5, 5.41) is 19.7. The molecule has 12 nitrogen and oxygen atoms in total. The largest absolute Gasteiger partial charge is 0.461 e. The Morgan fingerprint density at radius 1 is 0.767 bits per heavy atom. The molecule has 0 bridgehead atoms. The molecule has 12 heteroatoms. The lowest BCUT2D eigenvalue weighted by Crippen LogP contribution is -2.51. The Morgan fingerprint density at radius 2 is 1.20 bits per heavy atom. The van der Waals surface area contributed by atoms with Gasteiger partial charge in [0.25, 0.3) is 0 Å². The fourth-order valence-electron chi connectivity index (χ4n) is 2.08. The maximum Gasteiger partial charge on any atom is 0.313 e. The van der Waals surface area contributed by atoms with Gasteiger partial charge in [-0.15, -0.1) is 0 Å². The van der Waals surface area contributed by atoms with E-state index >= 15 is 0 Å². The molecule has 0 aliphatic carbocycles. The van der Waals surface area contributed by atoms with Crippen LogP contribution in [0.5, 0.6) is 0 Å². The van der Waals surface area contributed by atoms with Gasteiger partial charge in [-0.2, -0.15) is 0 Å². The van der Waals surface area contributed by atoms with E-state index in [0.717, 1.165) is 20.8 Å². The fourth-order valence-corrected chi connectivity index (χ4v) is 2.08. The molecule has 0 aromatic carbocycles. The van der Waals surface area contributed by atoms with Gasteiger partial charge in [-0.1, -0.05) is 0 Å². The molecular weight excluding hydrogens is 408 g/mol. The van der Waals surface area contributed by atoms with Crippen molar-refractivity contribution < 1.29 is 58.0 Å². The summed E-state index contributed by atoms with van der Waals surface area (Å²) >= 11 is 0. The minimum absolute atomic E-state index is 0.0906. The number of aliphatic hydroxyl groups excluding tert-OH is 2. The average Bonchev–Trinajstić information content (AvgIpc) is 2.60. The monoisotopic (exact) mass is 432 g/mol. The molecule has 0 radical (unpaired) electrons. The first kappa shape index (κ1) is 27.0. The summed E-state index contributed by atoms with van der Waals surface area (Å²) in [7, 11) is 0. The standard InChI is InChI=1S/C18H24O12/c1-9(20)4-14(24)28-8-13(29-15(25)5-10(2)21)18(17(27)12(23)7-19)30-16(26)6-11(3)22/h7,12-13,17-18,23,27H,4-6,8H2,1-3H3/t12-,13+,17+,18+/m0/s1. The number of esters is 3. The number of rotatable bonds is 14. The van der Waals surface area contributed by atoms with Crippen molar-refractivity contribution in [2.45, 2.75) is 64.4 Å². The molecule has 0 spiro atoms. The molecule has 0 saturated heterocycles. The highest BCUT2D eigenvalue weighted by molar-refractivity contribution is 5.95.